The third-order valence-corrected chi connectivity index (χ3v) is 3.30. The van der Waals surface area contributed by atoms with E-state index < -0.39 is 11.7 Å². The molecule has 0 radical (unpaired) electrons. The van der Waals surface area contributed by atoms with Crippen molar-refractivity contribution in [2.45, 2.75) is 32.9 Å². The number of ether oxygens (including phenoxy) is 1. The topological polar surface area (TPSA) is 118 Å². The van der Waals surface area contributed by atoms with Crippen molar-refractivity contribution in [3.63, 3.8) is 0 Å². The number of H-pyrrole nitrogens is 1. The summed E-state index contributed by atoms with van der Waals surface area (Å²) in [6.45, 7) is 5.74. The summed E-state index contributed by atoms with van der Waals surface area (Å²) in [6, 6.07) is 9.53. The van der Waals surface area contributed by atoms with Gasteiger partial charge in [0.05, 0.1) is 6.34 Å². The quantitative estimate of drug-likeness (QED) is 0.520. The molecule has 2 aromatic rings. The molecule has 9 heteroatoms. The average Bonchev–Trinajstić information content (AvgIpc) is 2.98. The normalized spacial score (nSPS) is 11.1. The largest absolute Gasteiger partial charge is 0.444 e. The molecule has 2 rings (SSSR count). The smallest absolute Gasteiger partial charge is 0.407 e. The van der Waals surface area contributed by atoms with E-state index in [4.69, 9.17) is 4.74 Å². The minimum Gasteiger partial charge on any atom is -0.444 e. The summed E-state index contributed by atoms with van der Waals surface area (Å²) in [5.41, 5.74) is 1.37. The first-order valence-electron chi connectivity index (χ1n) is 8.70. The van der Waals surface area contributed by atoms with E-state index in [2.05, 4.69) is 31.9 Å². The Balaban J connectivity index is 2.07. The first kappa shape index (κ1) is 20.8. The van der Waals surface area contributed by atoms with Gasteiger partial charge in [0.25, 0.3) is 0 Å². The van der Waals surface area contributed by atoms with Crippen molar-refractivity contribution < 1.29 is 9.53 Å². The lowest BCUT2D eigenvalue weighted by atomic mass is 10.2. The maximum atomic E-state index is 11.8. The van der Waals surface area contributed by atoms with Crippen LogP contribution in [0.3, 0.4) is 0 Å². The number of anilines is 2. The minimum atomic E-state index is -0.548. The van der Waals surface area contributed by atoms with E-state index in [0.29, 0.717) is 23.7 Å². The number of nitrogens with one attached hydrogen (secondary N) is 3. The molecule has 0 fully saturated rings. The highest BCUT2D eigenvalue weighted by molar-refractivity contribution is 5.72. The second kappa shape index (κ2) is 8.90. The maximum Gasteiger partial charge on any atom is 0.407 e. The molecule has 3 N–H and O–H groups in total. The number of benzene rings is 1. The van der Waals surface area contributed by atoms with Crippen molar-refractivity contribution in [1.82, 2.24) is 20.4 Å². The Kier molecular flexibility index (Phi) is 6.60. The highest BCUT2D eigenvalue weighted by atomic mass is 16.6. The van der Waals surface area contributed by atoms with Crippen LogP contribution in [0.15, 0.2) is 29.3 Å². The lowest BCUT2D eigenvalue weighted by molar-refractivity contribution is 0.0523. The first-order chi connectivity index (χ1) is 13.2. The van der Waals surface area contributed by atoms with Gasteiger partial charge in [0, 0.05) is 26.3 Å². The van der Waals surface area contributed by atoms with Gasteiger partial charge in [0.15, 0.2) is 11.6 Å². The number of hydrogen-bond acceptors (Lipinski definition) is 6. The fraction of sp³-hybridized carbons (Fsp3) is 0.368. The van der Waals surface area contributed by atoms with Gasteiger partial charge in [-0.05, 0) is 38.5 Å². The highest BCUT2D eigenvalue weighted by Crippen LogP contribution is 2.25. The van der Waals surface area contributed by atoms with E-state index in [1.54, 1.807) is 11.2 Å². The fourth-order valence-corrected chi connectivity index (χ4v) is 2.18. The van der Waals surface area contributed by atoms with Crippen LogP contribution in [-0.2, 0) is 11.3 Å². The van der Waals surface area contributed by atoms with Crippen LogP contribution < -0.4 is 10.6 Å². The second-order valence-corrected chi connectivity index (χ2v) is 7.30. The number of carbonyl (C=O) groups excluding carboxylic acids is 1. The maximum absolute atomic E-state index is 11.8. The molecular formula is C19H25N7O2. The molecule has 0 saturated heterocycles. The number of carbonyl (C=O) groups is 1. The van der Waals surface area contributed by atoms with Crippen LogP contribution in [0.2, 0.25) is 0 Å². The molecule has 1 aromatic carbocycles. The Morgan fingerprint density at radius 2 is 2.18 bits per heavy atom. The van der Waals surface area contributed by atoms with E-state index in [0.717, 1.165) is 11.3 Å². The monoisotopic (exact) mass is 383 g/mol. The number of hydrogen-bond donors (Lipinski definition) is 3. The number of nitriles is 1. The summed E-state index contributed by atoms with van der Waals surface area (Å²) in [5, 5.41) is 22.1. The van der Waals surface area contributed by atoms with E-state index in [1.807, 2.05) is 59.1 Å². The van der Waals surface area contributed by atoms with E-state index >= 15 is 0 Å². The van der Waals surface area contributed by atoms with Crippen molar-refractivity contribution in [3.05, 3.63) is 35.4 Å². The summed E-state index contributed by atoms with van der Waals surface area (Å²) in [4.78, 5) is 17.7. The van der Waals surface area contributed by atoms with Gasteiger partial charge in [-0.2, -0.15) is 10.4 Å². The van der Waals surface area contributed by atoms with Gasteiger partial charge >= 0.3 is 6.09 Å². The molecule has 28 heavy (non-hydrogen) atoms. The lowest BCUT2D eigenvalue weighted by Gasteiger charge is -2.19. The van der Waals surface area contributed by atoms with Crippen molar-refractivity contribution in [2.75, 3.05) is 19.4 Å². The van der Waals surface area contributed by atoms with Crippen LogP contribution in [-0.4, -0.2) is 47.2 Å². The van der Waals surface area contributed by atoms with E-state index in [1.165, 1.54) is 0 Å². The summed E-state index contributed by atoms with van der Waals surface area (Å²) in [5.74, 6) is 0.757. The van der Waals surface area contributed by atoms with Crippen molar-refractivity contribution in [3.8, 4) is 6.07 Å². The van der Waals surface area contributed by atoms with Gasteiger partial charge in [-0.3, -0.25) is 5.10 Å². The van der Waals surface area contributed by atoms with E-state index in [-0.39, 0.29) is 0 Å². The van der Waals surface area contributed by atoms with Gasteiger partial charge in [0.1, 0.15) is 17.2 Å². The summed E-state index contributed by atoms with van der Waals surface area (Å²) < 4.78 is 5.23. The molecule has 0 aliphatic heterocycles. The molecule has 148 valence electrons. The predicted molar refractivity (Wildman–Crippen MR) is 108 cm³/mol. The number of aromatic nitrogens is 2. The number of aliphatic imine (C=N–C) groups is 1. The Bertz CT molecular complexity index is 888. The Morgan fingerprint density at radius 3 is 2.82 bits per heavy atom. The number of rotatable bonds is 6. The molecule has 0 unspecified atom stereocenters. The molecule has 1 heterocycles. The van der Waals surface area contributed by atoms with Crippen LogP contribution in [0.4, 0.5) is 22.1 Å². The summed E-state index contributed by atoms with van der Waals surface area (Å²) >= 11 is 0. The molecule has 0 aliphatic rings. The second-order valence-electron chi connectivity index (χ2n) is 7.30. The lowest BCUT2D eigenvalue weighted by Crippen LogP contribution is -2.32. The predicted octanol–water partition coefficient (Wildman–Crippen LogP) is 3.27. The van der Waals surface area contributed by atoms with Crippen LogP contribution in [0.25, 0.3) is 0 Å². The van der Waals surface area contributed by atoms with Gasteiger partial charge in [-0.15, -0.1) is 0 Å². The zero-order chi connectivity index (χ0) is 20.7. The summed E-state index contributed by atoms with van der Waals surface area (Å²) in [7, 11) is 3.67. The van der Waals surface area contributed by atoms with Crippen LogP contribution >= 0.6 is 0 Å². The molecule has 1 aromatic heterocycles. The van der Waals surface area contributed by atoms with Crippen molar-refractivity contribution in [2.24, 2.45) is 4.99 Å². The van der Waals surface area contributed by atoms with Gasteiger partial charge in [0.2, 0.25) is 0 Å². The number of amides is 1. The zero-order valence-corrected chi connectivity index (χ0v) is 16.7. The number of aromatic amines is 1. The van der Waals surface area contributed by atoms with Gasteiger partial charge in [-0.25, -0.2) is 9.79 Å². The number of nitrogens with zero attached hydrogens (tertiary/aromatic N) is 4. The van der Waals surface area contributed by atoms with Crippen molar-refractivity contribution in [1.29, 1.82) is 5.26 Å². The molecular weight excluding hydrogens is 358 g/mol. The SMILES string of the molecule is CN(C)C=Nc1[nH]nc(Nc2cccc(CNC(=O)OC(C)(C)C)c2)c1C#N. The summed E-state index contributed by atoms with van der Waals surface area (Å²) in [6.07, 6.45) is 1.11. The van der Waals surface area contributed by atoms with Gasteiger partial charge < -0.3 is 20.3 Å². The van der Waals surface area contributed by atoms with Gasteiger partial charge in [-0.1, -0.05) is 12.1 Å². The fourth-order valence-electron chi connectivity index (χ4n) is 2.18. The van der Waals surface area contributed by atoms with E-state index in [9.17, 15) is 10.1 Å². The van der Waals surface area contributed by atoms with Crippen LogP contribution in [0.1, 0.15) is 31.9 Å². The van der Waals surface area contributed by atoms with Crippen LogP contribution in [0.5, 0.6) is 0 Å². The highest BCUT2D eigenvalue weighted by Gasteiger charge is 2.16. The molecule has 9 nitrogen and oxygen atoms in total. The molecule has 0 saturated carbocycles. The molecule has 0 aliphatic carbocycles. The Morgan fingerprint density at radius 1 is 1.43 bits per heavy atom. The average molecular weight is 383 g/mol. The van der Waals surface area contributed by atoms with Crippen molar-refractivity contribution >= 4 is 29.8 Å². The standard InChI is InChI=1S/C19H25N7O2/c1-19(2,3)28-18(27)21-11-13-7-6-8-14(9-13)23-17-15(10-20)16(24-25-17)22-12-26(4)5/h6-9,12H,11H2,1-5H3,(H,21,27)(H2,23,24,25). The zero-order valence-electron chi connectivity index (χ0n) is 16.7. The van der Waals surface area contributed by atoms with Crippen LogP contribution in [0, 0.1) is 11.3 Å². The molecule has 0 spiro atoms. The molecule has 1 amide bonds. The number of alkyl carbamates (subject to hydrolysis) is 1. The molecule has 0 atom stereocenters. The minimum absolute atomic E-state index is 0.314. The molecule has 0 bridgehead atoms. The third kappa shape index (κ3) is 6.32. The Hall–Kier alpha value is -3.54. The Labute approximate surface area is 164 Å². The third-order valence-electron chi connectivity index (χ3n) is 3.30. The first-order valence-corrected chi connectivity index (χ1v) is 8.70.